The van der Waals surface area contributed by atoms with E-state index in [1.807, 2.05) is 13.0 Å². The van der Waals surface area contributed by atoms with Gasteiger partial charge >= 0.3 is 0 Å². The summed E-state index contributed by atoms with van der Waals surface area (Å²) in [5, 5.41) is 14.1. The number of anilines is 1. The summed E-state index contributed by atoms with van der Waals surface area (Å²) in [6.45, 7) is 2.90. The number of nitrogens with one attached hydrogen (secondary N) is 2. The zero-order valence-electron chi connectivity index (χ0n) is 19.5. The van der Waals surface area contributed by atoms with Gasteiger partial charge in [-0.25, -0.2) is 18.1 Å². The molecule has 3 N–H and O–H groups in total. The van der Waals surface area contributed by atoms with E-state index in [1.165, 1.54) is 39.2 Å². The Kier molecular flexibility index (Phi) is 7.94. The average molecular weight is 494 g/mol. The number of thiazole rings is 1. The predicted molar refractivity (Wildman–Crippen MR) is 132 cm³/mol. The number of ether oxygens (including phenoxy) is 1. The van der Waals surface area contributed by atoms with E-state index in [0.717, 1.165) is 27.8 Å². The molecule has 1 aromatic carbocycles. The van der Waals surface area contributed by atoms with Crippen LogP contribution in [0.4, 0.5) is 5.13 Å². The van der Waals surface area contributed by atoms with E-state index in [9.17, 15) is 13.5 Å². The Morgan fingerprint density at radius 1 is 1.12 bits per heavy atom. The van der Waals surface area contributed by atoms with Crippen LogP contribution in [0.15, 0.2) is 23.1 Å². The summed E-state index contributed by atoms with van der Waals surface area (Å²) in [4.78, 5) is 5.79. The molecule has 0 radical (unpaired) electrons. The van der Waals surface area contributed by atoms with Crippen molar-refractivity contribution in [2.24, 2.45) is 5.92 Å². The maximum atomic E-state index is 13.2. The summed E-state index contributed by atoms with van der Waals surface area (Å²) in [6, 6.07) is 5.11. The van der Waals surface area contributed by atoms with Crippen LogP contribution in [0.3, 0.4) is 0 Å². The van der Waals surface area contributed by atoms with Crippen molar-refractivity contribution in [1.82, 2.24) is 9.71 Å². The zero-order valence-corrected chi connectivity index (χ0v) is 21.1. The Bertz CT molecular complexity index is 1040. The third-order valence-electron chi connectivity index (χ3n) is 6.80. The maximum Gasteiger partial charge on any atom is 0.244 e. The lowest BCUT2D eigenvalue weighted by molar-refractivity contribution is 0.120. The van der Waals surface area contributed by atoms with Crippen LogP contribution in [-0.4, -0.2) is 44.3 Å². The Hall–Kier alpha value is -1.68. The Morgan fingerprint density at radius 2 is 1.85 bits per heavy atom. The molecule has 0 atom stereocenters. The predicted octanol–water partition coefficient (Wildman–Crippen LogP) is 4.70. The molecule has 0 spiro atoms. The van der Waals surface area contributed by atoms with Gasteiger partial charge in [-0.15, -0.1) is 0 Å². The third kappa shape index (κ3) is 6.07. The number of methoxy groups -OCH3 is 1. The Labute approximate surface area is 201 Å². The van der Waals surface area contributed by atoms with Gasteiger partial charge in [0.25, 0.3) is 0 Å². The zero-order chi connectivity index (χ0) is 23.4. The minimum absolute atomic E-state index is 0.137. The second kappa shape index (κ2) is 10.7. The van der Waals surface area contributed by atoms with Crippen LogP contribution in [-0.2, 0) is 10.0 Å². The molecule has 182 valence electrons. The lowest BCUT2D eigenvalue weighted by Crippen LogP contribution is -2.38. The number of aliphatic hydroxyl groups is 1. The molecule has 1 aromatic heterocycles. The number of sulfonamides is 1. The molecule has 0 saturated heterocycles. The van der Waals surface area contributed by atoms with Crippen LogP contribution in [0.5, 0.6) is 5.75 Å². The number of benzene rings is 1. The third-order valence-corrected chi connectivity index (χ3v) is 9.50. The van der Waals surface area contributed by atoms with Gasteiger partial charge in [0, 0.05) is 12.6 Å². The SMILES string of the molecule is COc1ccc(-c2sc(NCC3CCCCC3)nc2C)cc1S(=O)(=O)NC1CCC(O)CC1. The molecule has 2 aliphatic rings. The highest BCUT2D eigenvalue weighted by Gasteiger charge is 2.27. The van der Waals surface area contributed by atoms with Crippen LogP contribution in [0.2, 0.25) is 0 Å². The van der Waals surface area contributed by atoms with E-state index in [2.05, 4.69) is 10.0 Å². The fourth-order valence-electron chi connectivity index (χ4n) is 4.87. The second-order valence-electron chi connectivity index (χ2n) is 9.31. The van der Waals surface area contributed by atoms with Crippen LogP contribution >= 0.6 is 11.3 Å². The van der Waals surface area contributed by atoms with Crippen LogP contribution in [0.1, 0.15) is 63.5 Å². The van der Waals surface area contributed by atoms with E-state index in [-0.39, 0.29) is 17.0 Å². The number of aliphatic hydroxyl groups excluding tert-OH is 1. The fraction of sp³-hybridized carbons (Fsp3) is 0.625. The Balaban J connectivity index is 1.53. The lowest BCUT2D eigenvalue weighted by Gasteiger charge is -2.26. The maximum absolute atomic E-state index is 13.2. The molecular weight excluding hydrogens is 458 g/mol. The van der Waals surface area contributed by atoms with Crippen molar-refractivity contribution >= 4 is 26.5 Å². The summed E-state index contributed by atoms with van der Waals surface area (Å²) in [5.41, 5.74) is 1.70. The first-order chi connectivity index (χ1) is 15.9. The smallest absolute Gasteiger partial charge is 0.244 e. The highest BCUT2D eigenvalue weighted by Crippen LogP contribution is 2.37. The van der Waals surface area contributed by atoms with Gasteiger partial charge in [0.1, 0.15) is 10.6 Å². The Morgan fingerprint density at radius 3 is 2.55 bits per heavy atom. The summed E-state index contributed by atoms with van der Waals surface area (Å²) in [7, 11) is -2.29. The first-order valence-corrected chi connectivity index (χ1v) is 14.3. The summed E-state index contributed by atoms with van der Waals surface area (Å²) in [5.74, 6) is 1.02. The standard InChI is InChI=1S/C24H35N3O4S2/c1-16-23(32-24(26-16)25-15-17-6-4-3-5-7-17)18-8-13-21(31-2)22(14-18)33(29,30)27-19-9-11-20(28)12-10-19/h8,13-14,17,19-20,27-28H,3-7,9-12,15H2,1-2H3,(H,25,26). The highest BCUT2D eigenvalue weighted by atomic mass is 32.2. The van der Waals surface area contributed by atoms with Gasteiger partial charge < -0.3 is 15.2 Å². The van der Waals surface area contributed by atoms with Crippen molar-refractivity contribution in [2.45, 2.75) is 81.8 Å². The van der Waals surface area contributed by atoms with Crippen molar-refractivity contribution in [2.75, 3.05) is 19.0 Å². The van der Waals surface area contributed by atoms with Crippen molar-refractivity contribution in [3.63, 3.8) is 0 Å². The molecular formula is C24H35N3O4S2. The molecule has 2 saturated carbocycles. The first kappa shape index (κ1) is 24.4. The average Bonchev–Trinajstić information content (AvgIpc) is 3.20. The van der Waals surface area contributed by atoms with E-state index < -0.39 is 10.0 Å². The number of aromatic nitrogens is 1. The summed E-state index contributed by atoms with van der Waals surface area (Å²) >= 11 is 1.56. The minimum atomic E-state index is -3.77. The lowest BCUT2D eigenvalue weighted by atomic mass is 9.89. The van der Waals surface area contributed by atoms with E-state index in [0.29, 0.717) is 37.4 Å². The summed E-state index contributed by atoms with van der Waals surface area (Å²) in [6.07, 6.45) is 8.67. The number of rotatable bonds is 8. The quantitative estimate of drug-likeness (QED) is 0.493. The molecule has 33 heavy (non-hydrogen) atoms. The van der Waals surface area contributed by atoms with E-state index in [4.69, 9.17) is 9.72 Å². The molecule has 0 aliphatic heterocycles. The number of hydrogen-bond donors (Lipinski definition) is 3. The molecule has 0 unspecified atom stereocenters. The van der Waals surface area contributed by atoms with Gasteiger partial charge in [-0.05, 0) is 75.1 Å². The van der Waals surface area contributed by atoms with Gasteiger partial charge in [0.2, 0.25) is 10.0 Å². The largest absolute Gasteiger partial charge is 0.495 e. The number of aryl methyl sites for hydroxylation is 1. The molecule has 9 heteroatoms. The molecule has 2 aliphatic carbocycles. The summed E-state index contributed by atoms with van der Waals surface area (Å²) < 4.78 is 34.7. The fourth-order valence-corrected chi connectivity index (χ4v) is 7.34. The minimum Gasteiger partial charge on any atom is -0.495 e. The van der Waals surface area contributed by atoms with E-state index in [1.54, 1.807) is 23.5 Å². The van der Waals surface area contributed by atoms with Crippen molar-refractivity contribution in [1.29, 1.82) is 0 Å². The van der Waals surface area contributed by atoms with Gasteiger partial charge in [0.05, 0.1) is 23.8 Å². The van der Waals surface area contributed by atoms with Crippen molar-refractivity contribution in [3.05, 3.63) is 23.9 Å². The normalized spacial score (nSPS) is 22.3. The molecule has 2 fully saturated rings. The second-order valence-corrected chi connectivity index (χ2v) is 12.0. The van der Waals surface area contributed by atoms with Crippen molar-refractivity contribution in [3.8, 4) is 16.2 Å². The molecule has 2 aromatic rings. The monoisotopic (exact) mass is 493 g/mol. The van der Waals surface area contributed by atoms with Crippen molar-refractivity contribution < 1.29 is 18.3 Å². The topological polar surface area (TPSA) is 101 Å². The van der Waals surface area contributed by atoms with Gasteiger partial charge in [-0.2, -0.15) is 0 Å². The number of hydrogen-bond acceptors (Lipinski definition) is 7. The molecule has 0 amide bonds. The highest BCUT2D eigenvalue weighted by molar-refractivity contribution is 7.89. The van der Waals surface area contributed by atoms with Gasteiger partial charge in [-0.3, -0.25) is 0 Å². The van der Waals surface area contributed by atoms with Crippen LogP contribution < -0.4 is 14.8 Å². The molecule has 4 rings (SSSR count). The van der Waals surface area contributed by atoms with Gasteiger partial charge in [-0.1, -0.05) is 30.6 Å². The van der Waals surface area contributed by atoms with Crippen LogP contribution in [0.25, 0.3) is 10.4 Å². The molecule has 1 heterocycles. The first-order valence-electron chi connectivity index (χ1n) is 12.0. The van der Waals surface area contributed by atoms with E-state index >= 15 is 0 Å². The van der Waals surface area contributed by atoms with Gasteiger partial charge in [0.15, 0.2) is 5.13 Å². The molecule has 7 nitrogen and oxygen atoms in total. The van der Waals surface area contributed by atoms with Crippen LogP contribution in [0, 0.1) is 12.8 Å². The number of nitrogens with zero attached hydrogens (tertiary/aromatic N) is 1. The molecule has 0 bridgehead atoms.